The van der Waals surface area contributed by atoms with Gasteiger partial charge in [0.15, 0.2) is 0 Å². The highest BCUT2D eigenvalue weighted by molar-refractivity contribution is 7.97. The zero-order chi connectivity index (χ0) is 16.0. The van der Waals surface area contributed by atoms with Crippen LogP contribution in [0.2, 0.25) is 0 Å². The van der Waals surface area contributed by atoms with Crippen LogP contribution in [0.5, 0.6) is 0 Å². The molecular weight excluding hydrogens is 367 g/mol. The number of para-hydroxylation sites is 3. The summed E-state index contributed by atoms with van der Waals surface area (Å²) in [5.74, 6) is 0. The van der Waals surface area contributed by atoms with E-state index in [1.807, 2.05) is 6.07 Å². The summed E-state index contributed by atoms with van der Waals surface area (Å²) in [6.07, 6.45) is 0. The monoisotopic (exact) mass is 374 g/mol. The average Bonchev–Trinajstić information content (AvgIpc) is 2.87. The van der Waals surface area contributed by atoms with Gasteiger partial charge in [-0.05, 0) is 24.3 Å². The van der Waals surface area contributed by atoms with Crippen molar-refractivity contribution < 1.29 is 8.42 Å². The number of benzene rings is 2. The summed E-state index contributed by atoms with van der Waals surface area (Å²) in [7, 11) is -4.27. The van der Waals surface area contributed by atoms with Crippen molar-refractivity contribution >= 4 is 55.7 Å². The highest BCUT2D eigenvalue weighted by atomic mass is 35.6. The van der Waals surface area contributed by atoms with Gasteiger partial charge in [0, 0.05) is 5.69 Å². The molecule has 0 radical (unpaired) electrons. The number of hydrogen-bond acceptors (Lipinski definition) is 3. The molecule has 1 heterocycles. The number of hydrogen-bond donors (Lipinski definition) is 0. The molecule has 22 heavy (non-hydrogen) atoms. The van der Waals surface area contributed by atoms with E-state index >= 15 is 0 Å². The topological polar surface area (TPSA) is 52.0 Å². The van der Waals surface area contributed by atoms with E-state index < -0.39 is 13.0 Å². The summed E-state index contributed by atoms with van der Waals surface area (Å²) >= 11 is 16.9. The lowest BCUT2D eigenvalue weighted by molar-refractivity contribution is 0.585. The molecule has 0 unspecified atom stereocenters. The van der Waals surface area contributed by atoms with Crippen molar-refractivity contribution in [1.82, 2.24) is 9.55 Å². The van der Waals surface area contributed by atoms with Gasteiger partial charge in [0.25, 0.3) is 13.0 Å². The summed E-state index contributed by atoms with van der Waals surface area (Å²) in [5.41, 5.74) is 1.73. The fourth-order valence-corrected chi connectivity index (χ4v) is 3.60. The summed E-state index contributed by atoms with van der Waals surface area (Å²) in [5, 5.41) is -0.306. The number of imidazole rings is 1. The molecule has 2 aromatic carbocycles. The number of alkyl halides is 3. The number of aromatic nitrogens is 2. The molecule has 0 saturated heterocycles. The van der Waals surface area contributed by atoms with Gasteiger partial charge in [0.1, 0.15) is 0 Å². The molecule has 1 aromatic heterocycles. The molecule has 0 saturated carbocycles. The Balaban J connectivity index is 2.42. The van der Waals surface area contributed by atoms with Gasteiger partial charge in [-0.3, -0.25) is 4.57 Å². The average molecular weight is 376 g/mol. The predicted octanol–water partition coefficient (Wildman–Crippen LogP) is 4.13. The first kappa shape index (κ1) is 15.6. The molecule has 0 atom stereocenters. The number of fused-ring (bicyclic) bond motifs is 1. The fourth-order valence-electron chi connectivity index (χ4n) is 2.11. The second-order valence-electron chi connectivity index (χ2n) is 4.50. The second kappa shape index (κ2) is 5.42. The summed E-state index contributed by atoms with van der Waals surface area (Å²) in [4.78, 5) is 4.15. The molecule has 0 N–H and O–H groups in total. The summed E-state index contributed by atoms with van der Waals surface area (Å²) in [6, 6.07) is 15.9. The van der Waals surface area contributed by atoms with E-state index in [4.69, 9.17) is 34.8 Å². The van der Waals surface area contributed by atoms with Gasteiger partial charge in [-0.2, -0.15) is 0 Å². The van der Waals surface area contributed by atoms with Crippen molar-refractivity contribution in [3.05, 3.63) is 54.6 Å². The van der Waals surface area contributed by atoms with Crippen molar-refractivity contribution in [2.24, 2.45) is 0 Å². The molecular formula is C14H9Cl3N2O2S. The Morgan fingerprint density at radius 2 is 1.50 bits per heavy atom. The fraction of sp³-hybridized carbons (Fsp3) is 0.0714. The van der Waals surface area contributed by atoms with Gasteiger partial charge in [-0.15, -0.1) is 0 Å². The molecule has 0 spiro atoms. The van der Waals surface area contributed by atoms with Crippen LogP contribution < -0.4 is 0 Å². The van der Waals surface area contributed by atoms with Crippen LogP contribution in [-0.4, -0.2) is 21.1 Å². The van der Waals surface area contributed by atoms with E-state index in [0.717, 1.165) is 0 Å². The maximum Gasteiger partial charge on any atom is 0.300 e. The lowest BCUT2D eigenvalue weighted by Gasteiger charge is -2.14. The number of nitrogens with zero attached hydrogens (tertiary/aromatic N) is 2. The molecule has 0 aliphatic carbocycles. The second-order valence-corrected chi connectivity index (χ2v) is 9.44. The Labute approximate surface area is 142 Å². The third-order valence-corrected chi connectivity index (χ3v) is 6.28. The SMILES string of the molecule is O=S(=O)(c1nc2ccccc2n1-c1ccccc1)C(Cl)(Cl)Cl. The molecule has 0 bridgehead atoms. The van der Waals surface area contributed by atoms with E-state index in [1.165, 1.54) is 4.57 Å². The summed E-state index contributed by atoms with van der Waals surface area (Å²) in [6.45, 7) is 0. The zero-order valence-corrected chi connectivity index (χ0v) is 14.0. The van der Waals surface area contributed by atoms with Crippen molar-refractivity contribution in [3.63, 3.8) is 0 Å². The first-order valence-electron chi connectivity index (χ1n) is 6.16. The van der Waals surface area contributed by atoms with E-state index in [1.54, 1.807) is 48.5 Å². The quantitative estimate of drug-likeness (QED) is 0.633. The Hall–Kier alpha value is -1.27. The maximum atomic E-state index is 12.5. The highest BCUT2D eigenvalue weighted by Gasteiger charge is 2.43. The number of rotatable bonds is 2. The van der Waals surface area contributed by atoms with Gasteiger partial charge in [-0.25, -0.2) is 13.4 Å². The number of halogens is 3. The number of sulfone groups is 1. The standard InChI is InChI=1S/C14H9Cl3N2O2S/c15-14(16,17)22(20,21)13-18-11-8-4-5-9-12(11)19(13)10-6-2-1-3-7-10/h1-9H. The van der Waals surface area contributed by atoms with Gasteiger partial charge in [0.05, 0.1) is 11.0 Å². The molecule has 0 fully saturated rings. The minimum Gasteiger partial charge on any atom is -0.283 e. The Morgan fingerprint density at radius 3 is 2.14 bits per heavy atom. The summed E-state index contributed by atoms with van der Waals surface area (Å²) < 4.78 is 24.0. The van der Waals surface area contributed by atoms with Crippen molar-refractivity contribution in [3.8, 4) is 5.69 Å². The van der Waals surface area contributed by atoms with E-state index in [2.05, 4.69) is 4.98 Å². The van der Waals surface area contributed by atoms with Crippen LogP contribution in [0.4, 0.5) is 0 Å². The minimum absolute atomic E-state index is 0.306. The third-order valence-electron chi connectivity index (χ3n) is 3.09. The Bertz CT molecular complexity index is 932. The van der Waals surface area contributed by atoms with E-state index in [-0.39, 0.29) is 5.16 Å². The lowest BCUT2D eigenvalue weighted by Crippen LogP contribution is -2.23. The largest absolute Gasteiger partial charge is 0.300 e. The van der Waals surface area contributed by atoms with Crippen LogP contribution in [0.1, 0.15) is 0 Å². The Kier molecular flexibility index (Phi) is 3.85. The molecule has 0 aliphatic heterocycles. The Morgan fingerprint density at radius 1 is 0.909 bits per heavy atom. The molecule has 3 aromatic rings. The van der Waals surface area contributed by atoms with Crippen LogP contribution in [0.15, 0.2) is 59.8 Å². The van der Waals surface area contributed by atoms with Gasteiger partial charge in [-0.1, -0.05) is 65.1 Å². The lowest BCUT2D eigenvalue weighted by atomic mass is 10.3. The van der Waals surface area contributed by atoms with Gasteiger partial charge in [0.2, 0.25) is 5.16 Å². The third kappa shape index (κ3) is 2.48. The minimum atomic E-state index is -4.27. The zero-order valence-electron chi connectivity index (χ0n) is 10.9. The molecule has 4 nitrogen and oxygen atoms in total. The van der Waals surface area contributed by atoms with Crippen molar-refractivity contribution in [2.75, 3.05) is 0 Å². The molecule has 114 valence electrons. The molecule has 0 amide bonds. The smallest absolute Gasteiger partial charge is 0.283 e. The predicted molar refractivity (Wildman–Crippen MR) is 88.5 cm³/mol. The molecule has 8 heteroatoms. The molecule has 3 rings (SSSR count). The van der Waals surface area contributed by atoms with Crippen molar-refractivity contribution in [1.29, 1.82) is 0 Å². The van der Waals surface area contributed by atoms with Gasteiger partial charge >= 0.3 is 0 Å². The van der Waals surface area contributed by atoms with Crippen LogP contribution in [0, 0.1) is 0 Å². The molecule has 0 aliphatic rings. The van der Waals surface area contributed by atoms with Crippen molar-refractivity contribution in [2.45, 2.75) is 8.28 Å². The first-order chi connectivity index (χ1) is 10.3. The van der Waals surface area contributed by atoms with E-state index in [0.29, 0.717) is 16.7 Å². The maximum absolute atomic E-state index is 12.5. The van der Waals surface area contributed by atoms with Gasteiger partial charge < -0.3 is 0 Å². The van der Waals surface area contributed by atoms with E-state index in [9.17, 15) is 8.42 Å². The van der Waals surface area contributed by atoms with Crippen LogP contribution in [0.25, 0.3) is 16.7 Å². The van der Waals surface area contributed by atoms with Crippen LogP contribution >= 0.6 is 34.8 Å². The highest BCUT2D eigenvalue weighted by Crippen LogP contribution is 2.39. The first-order valence-corrected chi connectivity index (χ1v) is 8.78. The van der Waals surface area contributed by atoms with Crippen LogP contribution in [0.3, 0.4) is 0 Å². The van der Waals surface area contributed by atoms with Crippen LogP contribution in [-0.2, 0) is 9.84 Å². The normalized spacial score (nSPS) is 12.7.